The number of pyridine rings is 3. The molecule has 126 valence electrons. The molecule has 4 aromatic rings. The Bertz CT molecular complexity index is 1160. The summed E-state index contributed by atoms with van der Waals surface area (Å²) in [7, 11) is 0. The van der Waals surface area contributed by atoms with Gasteiger partial charge in [-0.05, 0) is 52.8 Å². The Labute approximate surface area is 159 Å². The van der Waals surface area contributed by atoms with Gasteiger partial charge in [-0.1, -0.05) is 28.1 Å². The Kier molecular flexibility index (Phi) is 3.50. The summed E-state index contributed by atoms with van der Waals surface area (Å²) in [6.07, 6.45) is 8.26. The highest BCUT2D eigenvalue weighted by Gasteiger charge is 2.30. The first-order valence-corrected chi connectivity index (χ1v) is 9.23. The number of aromatic nitrogens is 3. The number of rotatable bonds is 1. The minimum absolute atomic E-state index is 0.204. The summed E-state index contributed by atoms with van der Waals surface area (Å²) < 4.78 is 1.08. The van der Waals surface area contributed by atoms with E-state index in [0.29, 0.717) is 5.82 Å². The van der Waals surface area contributed by atoms with Crippen LogP contribution in [0, 0.1) is 0 Å². The number of nitrogens with zero attached hydrogens (tertiary/aromatic N) is 3. The van der Waals surface area contributed by atoms with Crippen LogP contribution in [0.15, 0.2) is 65.7 Å². The highest BCUT2D eigenvalue weighted by atomic mass is 79.9. The normalized spacial score (nSPS) is 15.5. The Balaban J connectivity index is 1.88. The van der Waals surface area contributed by atoms with Gasteiger partial charge in [-0.15, -0.1) is 0 Å². The molecule has 2 N–H and O–H groups in total. The molecule has 1 atom stereocenters. The number of anilines is 1. The molecule has 3 aromatic heterocycles. The fraction of sp³-hybridized carbons (Fsp3) is 0.0952. The third kappa shape index (κ3) is 2.31. The number of fused-ring (bicyclic) bond motifs is 5. The van der Waals surface area contributed by atoms with Gasteiger partial charge in [0.2, 0.25) is 0 Å². The Morgan fingerprint density at radius 1 is 1.00 bits per heavy atom. The SMILES string of the molecule is Nc1nc2c(c3ccncc13)C(c1cccc(Br)c1)Cc1ccncc1-2. The van der Waals surface area contributed by atoms with E-state index in [1.54, 1.807) is 6.20 Å². The summed E-state index contributed by atoms with van der Waals surface area (Å²) in [4.78, 5) is 13.3. The maximum absolute atomic E-state index is 6.27. The van der Waals surface area contributed by atoms with Gasteiger partial charge in [0.1, 0.15) is 5.82 Å². The third-order valence-electron chi connectivity index (χ3n) is 5.06. The Morgan fingerprint density at radius 2 is 1.85 bits per heavy atom. The van der Waals surface area contributed by atoms with Crippen molar-refractivity contribution in [3.63, 3.8) is 0 Å². The maximum atomic E-state index is 6.27. The molecule has 1 unspecified atom stereocenters. The summed E-state index contributed by atoms with van der Waals surface area (Å²) >= 11 is 3.61. The lowest BCUT2D eigenvalue weighted by Crippen LogP contribution is -2.15. The molecule has 0 saturated heterocycles. The van der Waals surface area contributed by atoms with Crippen molar-refractivity contribution in [3.05, 3.63) is 82.3 Å². The molecule has 26 heavy (non-hydrogen) atoms. The topological polar surface area (TPSA) is 64.7 Å². The molecular formula is C21H15BrN4. The average molecular weight is 403 g/mol. The van der Waals surface area contributed by atoms with E-state index in [1.165, 1.54) is 16.7 Å². The van der Waals surface area contributed by atoms with Crippen molar-refractivity contribution in [1.29, 1.82) is 0 Å². The highest BCUT2D eigenvalue weighted by Crippen LogP contribution is 2.45. The van der Waals surface area contributed by atoms with Crippen LogP contribution in [0.25, 0.3) is 22.0 Å². The van der Waals surface area contributed by atoms with Crippen molar-refractivity contribution in [2.24, 2.45) is 0 Å². The smallest absolute Gasteiger partial charge is 0.133 e. The van der Waals surface area contributed by atoms with Gasteiger partial charge in [-0.3, -0.25) is 9.97 Å². The molecule has 0 aliphatic heterocycles. The minimum Gasteiger partial charge on any atom is -0.383 e. The van der Waals surface area contributed by atoms with Crippen LogP contribution in [0.2, 0.25) is 0 Å². The van der Waals surface area contributed by atoms with E-state index in [-0.39, 0.29) is 5.92 Å². The van der Waals surface area contributed by atoms with Gasteiger partial charge < -0.3 is 5.73 Å². The fourth-order valence-electron chi connectivity index (χ4n) is 3.90. The van der Waals surface area contributed by atoms with E-state index in [1.807, 2.05) is 30.7 Å². The molecule has 0 spiro atoms. The van der Waals surface area contributed by atoms with Gasteiger partial charge in [0, 0.05) is 46.1 Å². The van der Waals surface area contributed by atoms with E-state index in [0.717, 1.165) is 32.9 Å². The number of hydrogen-bond acceptors (Lipinski definition) is 4. The highest BCUT2D eigenvalue weighted by molar-refractivity contribution is 9.10. The molecule has 0 radical (unpaired) electrons. The van der Waals surface area contributed by atoms with Gasteiger partial charge in [-0.25, -0.2) is 4.98 Å². The molecule has 0 fully saturated rings. The van der Waals surface area contributed by atoms with E-state index < -0.39 is 0 Å². The first-order valence-electron chi connectivity index (χ1n) is 8.44. The van der Waals surface area contributed by atoms with Crippen LogP contribution >= 0.6 is 15.9 Å². The summed E-state index contributed by atoms with van der Waals surface area (Å²) in [5.41, 5.74) is 12.0. The van der Waals surface area contributed by atoms with Crippen LogP contribution in [-0.2, 0) is 6.42 Å². The van der Waals surface area contributed by atoms with E-state index in [4.69, 9.17) is 10.7 Å². The monoisotopic (exact) mass is 402 g/mol. The Morgan fingerprint density at radius 3 is 2.73 bits per heavy atom. The van der Waals surface area contributed by atoms with Crippen molar-refractivity contribution in [2.75, 3.05) is 5.73 Å². The lowest BCUT2D eigenvalue weighted by Gasteiger charge is -2.29. The standard InChI is InChI=1S/C21H15BrN4/c22-14-3-1-2-12(8-14)16-9-13-4-6-24-10-17(13)20-19(16)15-5-7-25-11-18(15)21(23)26-20/h1-8,10-11,16H,9H2,(H2,23,26). The van der Waals surface area contributed by atoms with Crippen molar-refractivity contribution >= 4 is 32.5 Å². The van der Waals surface area contributed by atoms with E-state index >= 15 is 0 Å². The largest absolute Gasteiger partial charge is 0.383 e. The molecule has 3 heterocycles. The van der Waals surface area contributed by atoms with Crippen LogP contribution in [0.3, 0.4) is 0 Å². The number of nitrogens with two attached hydrogens (primary N) is 1. The van der Waals surface area contributed by atoms with Crippen LogP contribution in [-0.4, -0.2) is 15.0 Å². The van der Waals surface area contributed by atoms with Crippen molar-refractivity contribution in [2.45, 2.75) is 12.3 Å². The molecule has 4 nitrogen and oxygen atoms in total. The predicted molar refractivity (Wildman–Crippen MR) is 107 cm³/mol. The summed E-state index contributed by atoms with van der Waals surface area (Å²) in [5, 5.41) is 2.01. The zero-order chi connectivity index (χ0) is 17.7. The first-order chi connectivity index (χ1) is 12.7. The molecule has 0 saturated carbocycles. The van der Waals surface area contributed by atoms with Gasteiger partial charge in [0.15, 0.2) is 0 Å². The maximum Gasteiger partial charge on any atom is 0.133 e. The van der Waals surface area contributed by atoms with Crippen molar-refractivity contribution < 1.29 is 0 Å². The second kappa shape index (κ2) is 5.88. The first kappa shape index (κ1) is 15.5. The lowest BCUT2D eigenvalue weighted by atomic mass is 9.76. The van der Waals surface area contributed by atoms with Crippen molar-refractivity contribution in [1.82, 2.24) is 15.0 Å². The van der Waals surface area contributed by atoms with Gasteiger partial charge in [0.25, 0.3) is 0 Å². The second-order valence-electron chi connectivity index (χ2n) is 6.53. The van der Waals surface area contributed by atoms with Gasteiger partial charge in [0.05, 0.1) is 5.69 Å². The molecule has 0 bridgehead atoms. The number of halogens is 1. The number of benzene rings is 1. The lowest BCUT2D eigenvalue weighted by molar-refractivity contribution is 0.792. The van der Waals surface area contributed by atoms with Crippen LogP contribution in [0.4, 0.5) is 5.82 Å². The average Bonchev–Trinajstić information content (AvgIpc) is 2.67. The summed E-state index contributed by atoms with van der Waals surface area (Å²) in [6, 6.07) is 12.6. The molecule has 5 rings (SSSR count). The Hall–Kier alpha value is -2.79. The zero-order valence-corrected chi connectivity index (χ0v) is 15.4. The molecule has 0 amide bonds. The molecule has 5 heteroatoms. The molecule has 1 aliphatic rings. The number of nitrogen functional groups attached to an aromatic ring is 1. The van der Waals surface area contributed by atoms with Gasteiger partial charge >= 0.3 is 0 Å². The minimum atomic E-state index is 0.204. The van der Waals surface area contributed by atoms with Crippen molar-refractivity contribution in [3.8, 4) is 11.3 Å². The van der Waals surface area contributed by atoms with E-state index in [2.05, 4.69) is 50.2 Å². The van der Waals surface area contributed by atoms with Crippen LogP contribution in [0.1, 0.15) is 22.6 Å². The summed E-state index contributed by atoms with van der Waals surface area (Å²) in [5.74, 6) is 0.715. The third-order valence-corrected chi connectivity index (χ3v) is 5.56. The second-order valence-corrected chi connectivity index (χ2v) is 7.44. The van der Waals surface area contributed by atoms with Gasteiger partial charge in [-0.2, -0.15) is 0 Å². The quantitative estimate of drug-likeness (QED) is 0.499. The molecule has 1 aromatic carbocycles. The van der Waals surface area contributed by atoms with Crippen LogP contribution < -0.4 is 5.73 Å². The van der Waals surface area contributed by atoms with E-state index in [9.17, 15) is 0 Å². The number of hydrogen-bond donors (Lipinski definition) is 1. The zero-order valence-electron chi connectivity index (χ0n) is 13.9. The van der Waals surface area contributed by atoms with Crippen LogP contribution in [0.5, 0.6) is 0 Å². The summed E-state index contributed by atoms with van der Waals surface area (Å²) in [6.45, 7) is 0. The molecular weight excluding hydrogens is 388 g/mol. The molecule has 1 aliphatic carbocycles. The fourth-order valence-corrected chi connectivity index (χ4v) is 4.32. The predicted octanol–water partition coefficient (Wildman–Crippen LogP) is 4.72.